The molecule has 3 saturated heterocycles. The molecular formula is C31H44N8O. The zero-order valence-corrected chi connectivity index (χ0v) is 24.3. The number of pyridine rings is 1. The summed E-state index contributed by atoms with van der Waals surface area (Å²) in [4.78, 5) is 22.3. The number of likely N-dealkylation sites (N-methyl/N-ethyl adjacent to an activating group) is 1. The molecule has 0 amide bonds. The van der Waals surface area contributed by atoms with E-state index in [0.29, 0.717) is 23.4 Å². The topological polar surface area (TPSA) is 95.7 Å². The summed E-state index contributed by atoms with van der Waals surface area (Å²) in [5.74, 6) is 1.28. The molecule has 5 heterocycles. The number of piperidine rings is 1. The molecule has 3 N–H and O–H groups in total. The molecule has 3 fully saturated rings. The molecule has 0 saturated carbocycles. The SMILES string of the molecule is CCc1nc2c(N)ncc(-c3ccc(N4CCC(N5CCN(C)CC5)CC4)cc3C)c2nc1NC1CCOCC1. The van der Waals surface area contributed by atoms with Gasteiger partial charge in [0.05, 0.1) is 5.69 Å². The van der Waals surface area contributed by atoms with Gasteiger partial charge < -0.3 is 25.6 Å². The molecule has 0 radical (unpaired) electrons. The summed E-state index contributed by atoms with van der Waals surface area (Å²) < 4.78 is 5.55. The molecule has 0 spiro atoms. The van der Waals surface area contributed by atoms with Gasteiger partial charge in [-0.2, -0.15) is 0 Å². The lowest BCUT2D eigenvalue weighted by atomic mass is 9.98. The molecule has 9 nitrogen and oxygen atoms in total. The second-order valence-electron chi connectivity index (χ2n) is 11.7. The second kappa shape index (κ2) is 11.8. The Hall–Kier alpha value is -3.01. The molecule has 2 aromatic heterocycles. The Kier molecular flexibility index (Phi) is 8.05. The minimum Gasteiger partial charge on any atom is -0.382 e. The summed E-state index contributed by atoms with van der Waals surface area (Å²) in [5.41, 5.74) is 13.4. The molecule has 0 unspecified atom stereocenters. The lowest BCUT2D eigenvalue weighted by Gasteiger charge is -2.42. The van der Waals surface area contributed by atoms with Gasteiger partial charge in [-0.25, -0.2) is 15.0 Å². The van der Waals surface area contributed by atoms with Crippen LogP contribution in [0, 0.1) is 6.92 Å². The Labute approximate surface area is 238 Å². The number of nitrogens with two attached hydrogens (primary N) is 1. The van der Waals surface area contributed by atoms with Crippen LogP contribution in [0.2, 0.25) is 0 Å². The van der Waals surface area contributed by atoms with Crippen LogP contribution in [0.4, 0.5) is 17.3 Å². The van der Waals surface area contributed by atoms with E-state index in [1.54, 1.807) is 0 Å². The number of fused-ring (bicyclic) bond motifs is 1. The van der Waals surface area contributed by atoms with Gasteiger partial charge in [0.15, 0.2) is 5.82 Å². The number of nitrogen functional groups attached to an aromatic ring is 1. The first-order valence-electron chi connectivity index (χ1n) is 15.1. The number of hydrogen-bond donors (Lipinski definition) is 2. The second-order valence-corrected chi connectivity index (χ2v) is 11.7. The van der Waals surface area contributed by atoms with Gasteiger partial charge in [0.25, 0.3) is 0 Å². The van der Waals surface area contributed by atoms with E-state index in [9.17, 15) is 0 Å². The lowest BCUT2D eigenvalue weighted by Crippen LogP contribution is -2.52. The summed E-state index contributed by atoms with van der Waals surface area (Å²) >= 11 is 0. The van der Waals surface area contributed by atoms with Crippen LogP contribution >= 0.6 is 0 Å². The van der Waals surface area contributed by atoms with Crippen LogP contribution < -0.4 is 16.0 Å². The third kappa shape index (κ3) is 5.60. The minimum absolute atomic E-state index is 0.342. The molecule has 0 atom stereocenters. The van der Waals surface area contributed by atoms with Crippen molar-refractivity contribution < 1.29 is 4.74 Å². The van der Waals surface area contributed by atoms with E-state index in [1.807, 2.05) is 6.20 Å². The molecule has 6 rings (SSSR count). The monoisotopic (exact) mass is 544 g/mol. The first kappa shape index (κ1) is 27.2. The van der Waals surface area contributed by atoms with Crippen molar-refractivity contribution >= 4 is 28.4 Å². The van der Waals surface area contributed by atoms with Crippen molar-refractivity contribution in [3.05, 3.63) is 35.7 Å². The fourth-order valence-electron chi connectivity index (χ4n) is 6.51. The Morgan fingerprint density at radius 2 is 1.70 bits per heavy atom. The number of benzene rings is 1. The third-order valence-corrected chi connectivity index (χ3v) is 9.08. The average Bonchev–Trinajstić information content (AvgIpc) is 2.98. The molecule has 9 heteroatoms. The molecule has 1 aromatic carbocycles. The fraction of sp³-hybridized carbons (Fsp3) is 0.581. The van der Waals surface area contributed by atoms with Crippen LogP contribution in [-0.4, -0.2) is 96.4 Å². The van der Waals surface area contributed by atoms with Gasteiger partial charge in [-0.3, -0.25) is 4.90 Å². The number of ether oxygens (including phenoxy) is 1. The maximum atomic E-state index is 6.33. The molecule has 3 aliphatic rings. The number of anilines is 3. The Balaban J connectivity index is 1.24. The normalized spacial score (nSPS) is 20.3. The van der Waals surface area contributed by atoms with E-state index in [-0.39, 0.29) is 0 Å². The number of nitrogens with one attached hydrogen (secondary N) is 1. The minimum atomic E-state index is 0.342. The predicted molar refractivity (Wildman–Crippen MR) is 163 cm³/mol. The number of piperazine rings is 1. The number of hydrogen-bond acceptors (Lipinski definition) is 9. The van der Waals surface area contributed by atoms with Gasteiger partial charge in [0.2, 0.25) is 0 Å². The van der Waals surface area contributed by atoms with Gasteiger partial charge in [0, 0.05) is 82.0 Å². The Morgan fingerprint density at radius 3 is 2.40 bits per heavy atom. The molecule has 3 aromatic rings. The van der Waals surface area contributed by atoms with E-state index in [0.717, 1.165) is 73.7 Å². The molecule has 214 valence electrons. The lowest BCUT2D eigenvalue weighted by molar-refractivity contribution is 0.0903. The van der Waals surface area contributed by atoms with Crippen molar-refractivity contribution in [1.82, 2.24) is 24.8 Å². The highest BCUT2D eigenvalue weighted by Crippen LogP contribution is 2.35. The van der Waals surface area contributed by atoms with E-state index in [2.05, 4.69) is 64.1 Å². The zero-order chi connectivity index (χ0) is 27.6. The van der Waals surface area contributed by atoms with Crippen molar-refractivity contribution in [3.8, 4) is 11.1 Å². The van der Waals surface area contributed by atoms with Gasteiger partial charge in [-0.05, 0) is 69.3 Å². The summed E-state index contributed by atoms with van der Waals surface area (Å²) in [6.45, 7) is 12.8. The van der Waals surface area contributed by atoms with E-state index in [1.165, 1.54) is 50.3 Å². The van der Waals surface area contributed by atoms with Gasteiger partial charge >= 0.3 is 0 Å². The van der Waals surface area contributed by atoms with E-state index < -0.39 is 0 Å². The van der Waals surface area contributed by atoms with Crippen molar-refractivity contribution in [1.29, 1.82) is 0 Å². The van der Waals surface area contributed by atoms with E-state index in [4.69, 9.17) is 20.4 Å². The molecule has 40 heavy (non-hydrogen) atoms. The Bertz CT molecular complexity index is 1320. The van der Waals surface area contributed by atoms with Gasteiger partial charge in [-0.1, -0.05) is 13.0 Å². The highest BCUT2D eigenvalue weighted by Gasteiger charge is 2.27. The third-order valence-electron chi connectivity index (χ3n) is 9.08. The number of rotatable bonds is 6. The number of aromatic nitrogens is 3. The van der Waals surface area contributed by atoms with Crippen molar-refractivity contribution in [3.63, 3.8) is 0 Å². The summed E-state index contributed by atoms with van der Waals surface area (Å²) in [6, 6.07) is 7.87. The van der Waals surface area contributed by atoms with Crippen molar-refractivity contribution in [2.24, 2.45) is 0 Å². The molecule has 0 aliphatic carbocycles. The van der Waals surface area contributed by atoms with Crippen LogP contribution in [0.5, 0.6) is 0 Å². The van der Waals surface area contributed by atoms with Gasteiger partial charge in [0.1, 0.15) is 16.9 Å². The van der Waals surface area contributed by atoms with Crippen molar-refractivity contribution in [2.75, 3.05) is 75.5 Å². The van der Waals surface area contributed by atoms with Crippen LogP contribution in [0.1, 0.15) is 43.9 Å². The largest absolute Gasteiger partial charge is 0.382 e. The van der Waals surface area contributed by atoms with Crippen LogP contribution in [0.3, 0.4) is 0 Å². The number of nitrogens with zero attached hydrogens (tertiary/aromatic N) is 6. The highest BCUT2D eigenvalue weighted by molar-refractivity contribution is 5.97. The highest BCUT2D eigenvalue weighted by atomic mass is 16.5. The average molecular weight is 545 g/mol. The van der Waals surface area contributed by atoms with Crippen molar-refractivity contribution in [2.45, 2.75) is 58.0 Å². The summed E-state index contributed by atoms with van der Waals surface area (Å²) in [6.07, 6.45) is 7.05. The quantitative estimate of drug-likeness (QED) is 0.478. The molecule has 0 bridgehead atoms. The first-order valence-corrected chi connectivity index (χ1v) is 15.1. The molecular weight excluding hydrogens is 500 g/mol. The first-order chi connectivity index (χ1) is 19.5. The van der Waals surface area contributed by atoms with Crippen LogP contribution in [0.25, 0.3) is 22.2 Å². The predicted octanol–water partition coefficient (Wildman–Crippen LogP) is 3.95. The summed E-state index contributed by atoms with van der Waals surface area (Å²) in [5, 5.41) is 3.66. The fourth-order valence-corrected chi connectivity index (χ4v) is 6.51. The zero-order valence-electron chi connectivity index (χ0n) is 24.3. The van der Waals surface area contributed by atoms with Crippen LogP contribution in [0.15, 0.2) is 24.4 Å². The maximum absolute atomic E-state index is 6.33. The van der Waals surface area contributed by atoms with Crippen LogP contribution in [-0.2, 0) is 11.2 Å². The summed E-state index contributed by atoms with van der Waals surface area (Å²) in [7, 11) is 2.23. The Morgan fingerprint density at radius 1 is 0.950 bits per heavy atom. The maximum Gasteiger partial charge on any atom is 0.151 e. The van der Waals surface area contributed by atoms with E-state index >= 15 is 0 Å². The standard InChI is InChI=1S/C31H44N8O/c1-4-27-31(34-22-9-17-40-18-10-22)36-28-26(20-33-30(32)29(28)35-27)25-6-5-24(19-21(25)2)38-11-7-23(8-12-38)39-15-13-37(3)14-16-39/h5-6,19-20,22-23H,4,7-18H2,1-3H3,(H2,32,33)(H,34,36). The number of aryl methyl sites for hydroxylation is 2. The smallest absolute Gasteiger partial charge is 0.151 e. The van der Waals surface area contributed by atoms with Gasteiger partial charge in [-0.15, -0.1) is 0 Å². The molecule has 3 aliphatic heterocycles.